The molecule has 0 saturated heterocycles. The van der Waals surface area contributed by atoms with Gasteiger partial charge in [0.25, 0.3) is 0 Å². The fourth-order valence-corrected chi connectivity index (χ4v) is 1.77. The van der Waals surface area contributed by atoms with E-state index in [1.54, 1.807) is 11.6 Å². The molecule has 2 N–H and O–H groups in total. The molecule has 0 fully saturated rings. The second-order valence-electron chi connectivity index (χ2n) is 3.57. The molecule has 0 radical (unpaired) electrons. The summed E-state index contributed by atoms with van der Waals surface area (Å²) >= 11 is 1.36. The minimum absolute atomic E-state index is 0.111. The summed E-state index contributed by atoms with van der Waals surface area (Å²) in [5.41, 5.74) is 1.16. The van der Waals surface area contributed by atoms with Crippen molar-refractivity contribution in [2.45, 2.75) is 6.92 Å². The van der Waals surface area contributed by atoms with Crippen molar-refractivity contribution in [3.05, 3.63) is 41.4 Å². The predicted molar refractivity (Wildman–Crippen MR) is 70.9 cm³/mol. The molecule has 2 rings (SSSR count). The van der Waals surface area contributed by atoms with Crippen molar-refractivity contribution in [3.8, 4) is 5.75 Å². The highest BCUT2D eigenvalue weighted by atomic mass is 32.1. The first kappa shape index (κ1) is 12.4. The molecule has 0 aliphatic carbocycles. The Hall–Kier alpha value is -2.08. The third-order valence-corrected chi connectivity index (χ3v) is 2.83. The Kier molecular flexibility index (Phi) is 4.14. The van der Waals surface area contributed by atoms with E-state index in [1.165, 1.54) is 11.3 Å². The van der Waals surface area contributed by atoms with Gasteiger partial charge in [0, 0.05) is 11.6 Å². The van der Waals surface area contributed by atoms with Crippen LogP contribution in [-0.4, -0.2) is 17.7 Å². The van der Waals surface area contributed by atoms with Crippen LogP contribution in [-0.2, 0) is 0 Å². The van der Waals surface area contributed by atoms with Gasteiger partial charge in [-0.05, 0) is 19.1 Å². The van der Waals surface area contributed by atoms with Crippen molar-refractivity contribution >= 4 is 22.5 Å². The highest BCUT2D eigenvalue weighted by Gasteiger charge is 2.02. The van der Waals surface area contributed by atoms with Gasteiger partial charge in [0.1, 0.15) is 5.75 Å². The number of carbonyl (C=O) groups excluding carboxylic acids is 1. The van der Waals surface area contributed by atoms with E-state index in [-0.39, 0.29) is 12.8 Å². The molecule has 0 aliphatic heterocycles. The SMILES string of the molecule is Cc1ccc(OCNC(=O)Nc2nccs2)cc1. The van der Waals surface area contributed by atoms with E-state index >= 15 is 0 Å². The number of rotatable bonds is 4. The number of benzene rings is 1. The summed E-state index contributed by atoms with van der Waals surface area (Å²) in [6.07, 6.45) is 1.63. The Morgan fingerprint density at radius 3 is 2.83 bits per heavy atom. The molecule has 1 aromatic heterocycles. The van der Waals surface area contributed by atoms with E-state index in [9.17, 15) is 4.79 Å². The van der Waals surface area contributed by atoms with Crippen molar-refractivity contribution < 1.29 is 9.53 Å². The lowest BCUT2D eigenvalue weighted by Crippen LogP contribution is -2.31. The Balaban J connectivity index is 1.72. The van der Waals surface area contributed by atoms with Crippen LogP contribution >= 0.6 is 11.3 Å². The zero-order valence-electron chi connectivity index (χ0n) is 9.84. The number of hydrogen-bond donors (Lipinski definition) is 2. The van der Waals surface area contributed by atoms with Gasteiger partial charge in [0.05, 0.1) is 0 Å². The smallest absolute Gasteiger partial charge is 0.323 e. The zero-order chi connectivity index (χ0) is 12.8. The molecule has 2 aromatic rings. The van der Waals surface area contributed by atoms with Crippen molar-refractivity contribution in [2.75, 3.05) is 12.0 Å². The van der Waals surface area contributed by atoms with Crippen LogP contribution in [0.2, 0.25) is 0 Å². The molecule has 0 unspecified atom stereocenters. The number of nitrogens with one attached hydrogen (secondary N) is 2. The molecular weight excluding hydrogens is 250 g/mol. The Bertz CT molecular complexity index is 497. The standard InChI is InChI=1S/C12H13N3O2S/c1-9-2-4-10(5-3-9)17-8-14-11(16)15-12-13-6-7-18-12/h2-7H,8H2,1H3,(H2,13,14,15,16). The largest absolute Gasteiger partial charge is 0.473 e. The molecule has 0 aliphatic rings. The number of amides is 2. The van der Waals surface area contributed by atoms with Crippen LogP contribution in [0, 0.1) is 6.92 Å². The molecule has 18 heavy (non-hydrogen) atoms. The van der Waals surface area contributed by atoms with Crippen LogP contribution in [0.4, 0.5) is 9.93 Å². The summed E-state index contributed by atoms with van der Waals surface area (Å²) < 4.78 is 5.36. The summed E-state index contributed by atoms with van der Waals surface area (Å²) in [5, 5.41) is 7.52. The normalized spacial score (nSPS) is 9.83. The lowest BCUT2D eigenvalue weighted by atomic mass is 10.2. The third-order valence-electron chi connectivity index (χ3n) is 2.15. The van der Waals surface area contributed by atoms with Gasteiger partial charge in [0.15, 0.2) is 11.9 Å². The summed E-state index contributed by atoms with van der Waals surface area (Å²) in [6, 6.07) is 7.28. The summed E-state index contributed by atoms with van der Waals surface area (Å²) in [6.45, 7) is 2.11. The Morgan fingerprint density at radius 2 is 2.17 bits per heavy atom. The van der Waals surface area contributed by atoms with Gasteiger partial charge >= 0.3 is 6.03 Å². The molecule has 6 heteroatoms. The second kappa shape index (κ2) is 6.02. The van der Waals surface area contributed by atoms with E-state index in [0.29, 0.717) is 5.13 Å². The monoisotopic (exact) mass is 263 g/mol. The zero-order valence-corrected chi connectivity index (χ0v) is 10.7. The molecule has 94 valence electrons. The second-order valence-corrected chi connectivity index (χ2v) is 4.46. The van der Waals surface area contributed by atoms with E-state index in [1.807, 2.05) is 31.2 Å². The first-order valence-electron chi connectivity index (χ1n) is 5.38. The maximum absolute atomic E-state index is 11.4. The van der Waals surface area contributed by atoms with E-state index < -0.39 is 0 Å². The van der Waals surface area contributed by atoms with Gasteiger partial charge in [-0.1, -0.05) is 17.7 Å². The number of hydrogen-bond acceptors (Lipinski definition) is 4. The highest BCUT2D eigenvalue weighted by molar-refractivity contribution is 7.13. The topological polar surface area (TPSA) is 63.2 Å². The maximum atomic E-state index is 11.4. The fourth-order valence-electron chi connectivity index (χ4n) is 1.25. The van der Waals surface area contributed by atoms with E-state index in [0.717, 1.165) is 11.3 Å². The Labute approximate surface area is 109 Å². The number of aryl methyl sites for hydroxylation is 1. The molecule has 0 bridgehead atoms. The molecular formula is C12H13N3O2S. The van der Waals surface area contributed by atoms with Gasteiger partial charge < -0.3 is 10.1 Å². The van der Waals surface area contributed by atoms with E-state index in [4.69, 9.17) is 4.74 Å². The average molecular weight is 263 g/mol. The van der Waals surface area contributed by atoms with Gasteiger partial charge in [0.2, 0.25) is 0 Å². The lowest BCUT2D eigenvalue weighted by molar-refractivity contribution is 0.234. The molecule has 0 saturated carbocycles. The lowest BCUT2D eigenvalue weighted by Gasteiger charge is -2.08. The van der Waals surface area contributed by atoms with Gasteiger partial charge in [-0.25, -0.2) is 9.78 Å². The first-order chi connectivity index (χ1) is 8.74. The molecule has 5 nitrogen and oxygen atoms in total. The van der Waals surface area contributed by atoms with Crippen molar-refractivity contribution in [2.24, 2.45) is 0 Å². The van der Waals surface area contributed by atoms with Gasteiger partial charge in [-0.15, -0.1) is 11.3 Å². The number of ether oxygens (including phenoxy) is 1. The van der Waals surface area contributed by atoms with Crippen LogP contribution in [0.15, 0.2) is 35.8 Å². The fraction of sp³-hybridized carbons (Fsp3) is 0.167. The minimum atomic E-state index is -0.336. The van der Waals surface area contributed by atoms with Gasteiger partial charge in [-0.3, -0.25) is 5.32 Å². The molecule has 2 amide bonds. The molecule has 1 heterocycles. The van der Waals surface area contributed by atoms with Crippen LogP contribution in [0.5, 0.6) is 5.75 Å². The summed E-state index contributed by atoms with van der Waals surface area (Å²) in [7, 11) is 0. The number of aromatic nitrogens is 1. The third kappa shape index (κ3) is 3.74. The highest BCUT2D eigenvalue weighted by Crippen LogP contribution is 2.11. The molecule has 0 atom stereocenters. The van der Waals surface area contributed by atoms with E-state index in [2.05, 4.69) is 15.6 Å². The summed E-state index contributed by atoms with van der Waals surface area (Å²) in [4.78, 5) is 15.4. The number of urea groups is 1. The van der Waals surface area contributed by atoms with Crippen molar-refractivity contribution in [1.29, 1.82) is 0 Å². The predicted octanol–water partition coefficient (Wildman–Crippen LogP) is 2.61. The minimum Gasteiger partial charge on any atom is -0.473 e. The quantitative estimate of drug-likeness (QED) is 0.833. The Morgan fingerprint density at radius 1 is 1.39 bits per heavy atom. The average Bonchev–Trinajstić information content (AvgIpc) is 2.84. The molecule has 1 aromatic carbocycles. The van der Waals surface area contributed by atoms with Crippen molar-refractivity contribution in [1.82, 2.24) is 10.3 Å². The van der Waals surface area contributed by atoms with Crippen LogP contribution in [0.1, 0.15) is 5.56 Å². The van der Waals surface area contributed by atoms with Gasteiger partial charge in [-0.2, -0.15) is 0 Å². The van der Waals surface area contributed by atoms with Crippen LogP contribution < -0.4 is 15.4 Å². The van der Waals surface area contributed by atoms with Crippen LogP contribution in [0.25, 0.3) is 0 Å². The first-order valence-corrected chi connectivity index (χ1v) is 6.26. The maximum Gasteiger partial charge on any atom is 0.323 e. The van der Waals surface area contributed by atoms with Crippen molar-refractivity contribution in [3.63, 3.8) is 0 Å². The number of carbonyl (C=O) groups is 1. The number of thiazole rings is 1. The summed E-state index contributed by atoms with van der Waals surface area (Å²) in [5.74, 6) is 0.718. The number of nitrogens with zero attached hydrogens (tertiary/aromatic N) is 1. The molecule has 0 spiro atoms. The number of anilines is 1. The van der Waals surface area contributed by atoms with Crippen LogP contribution in [0.3, 0.4) is 0 Å².